The molecule has 2 N–H and O–H groups in total. The minimum atomic E-state index is -0.538. The molecule has 0 saturated heterocycles. The quantitative estimate of drug-likeness (QED) is 0.605. The molecule has 1 heterocycles. The van der Waals surface area contributed by atoms with Gasteiger partial charge in [0.1, 0.15) is 0 Å². The Morgan fingerprint density at radius 1 is 1.73 bits per heavy atom. The number of amidine groups is 1. The lowest BCUT2D eigenvalue weighted by Crippen LogP contribution is -2.32. The summed E-state index contributed by atoms with van der Waals surface area (Å²) in [7, 11) is 0. The van der Waals surface area contributed by atoms with Crippen LogP contribution in [0.25, 0.3) is 0 Å². The maximum absolute atomic E-state index is 11.4. The zero-order valence-corrected chi connectivity index (χ0v) is 6.85. The molecule has 0 aromatic carbocycles. The van der Waals surface area contributed by atoms with Gasteiger partial charge in [0, 0.05) is 5.70 Å². The Bertz CT molecular complexity index is 255. The first-order valence-corrected chi connectivity index (χ1v) is 3.60. The summed E-state index contributed by atoms with van der Waals surface area (Å²) in [5.41, 5.74) is 5.41. The van der Waals surface area contributed by atoms with Crippen molar-refractivity contribution in [2.45, 2.75) is 20.3 Å². The minimum Gasteiger partial charge on any atom is -0.381 e. The summed E-state index contributed by atoms with van der Waals surface area (Å²) >= 11 is 0. The van der Waals surface area contributed by atoms with E-state index in [1.807, 2.05) is 13.8 Å². The number of hydrogen-bond acceptors (Lipinski definition) is 3. The van der Waals surface area contributed by atoms with Crippen LogP contribution in [0.3, 0.4) is 0 Å². The number of Topliss-reactive ketones (excluding diaryl/α,β-unsaturated/α-hetero) is 1. The monoisotopic (exact) mass is 152 g/mol. The third-order valence-corrected chi connectivity index (χ3v) is 2.33. The molecule has 0 aromatic rings. The molecule has 11 heavy (non-hydrogen) atoms. The van der Waals surface area contributed by atoms with Crippen LogP contribution < -0.4 is 5.73 Å². The number of ketones is 1. The van der Waals surface area contributed by atoms with E-state index in [1.165, 1.54) is 0 Å². The maximum atomic E-state index is 11.4. The summed E-state index contributed by atoms with van der Waals surface area (Å²) in [6.45, 7) is 7.44. The molecule has 0 radical (unpaired) electrons. The van der Waals surface area contributed by atoms with Crippen LogP contribution in [0.1, 0.15) is 20.3 Å². The van der Waals surface area contributed by atoms with Gasteiger partial charge in [-0.2, -0.15) is 0 Å². The highest BCUT2D eigenvalue weighted by Crippen LogP contribution is 2.35. The average molecular weight is 152 g/mol. The molecular weight excluding hydrogens is 140 g/mol. The predicted octanol–water partition coefficient (Wildman–Crippen LogP) is 0.856. The molecule has 0 aromatic heterocycles. The van der Waals surface area contributed by atoms with E-state index in [0.29, 0.717) is 12.1 Å². The summed E-state index contributed by atoms with van der Waals surface area (Å²) in [4.78, 5) is 15.2. The van der Waals surface area contributed by atoms with E-state index in [-0.39, 0.29) is 11.6 Å². The molecule has 1 rings (SSSR count). The van der Waals surface area contributed by atoms with Crippen molar-refractivity contribution in [2.24, 2.45) is 16.1 Å². The fourth-order valence-corrected chi connectivity index (χ4v) is 1.10. The molecule has 1 aliphatic heterocycles. The molecule has 3 nitrogen and oxygen atoms in total. The van der Waals surface area contributed by atoms with Crippen molar-refractivity contribution in [1.82, 2.24) is 0 Å². The van der Waals surface area contributed by atoms with Crippen LogP contribution in [-0.4, -0.2) is 11.6 Å². The van der Waals surface area contributed by atoms with Crippen LogP contribution in [0.5, 0.6) is 0 Å². The van der Waals surface area contributed by atoms with Crippen molar-refractivity contribution in [3.8, 4) is 0 Å². The third kappa shape index (κ3) is 0.878. The fraction of sp³-hybridized carbons (Fsp3) is 0.500. The molecule has 0 fully saturated rings. The minimum absolute atomic E-state index is 0.0926. The van der Waals surface area contributed by atoms with Crippen molar-refractivity contribution in [1.29, 1.82) is 0 Å². The lowest BCUT2D eigenvalue weighted by atomic mass is 9.82. The topological polar surface area (TPSA) is 55.4 Å². The lowest BCUT2D eigenvalue weighted by molar-refractivity contribution is -0.118. The highest BCUT2D eigenvalue weighted by Gasteiger charge is 2.41. The Hall–Kier alpha value is -1.12. The van der Waals surface area contributed by atoms with E-state index >= 15 is 0 Å². The molecule has 0 bridgehead atoms. The van der Waals surface area contributed by atoms with E-state index in [4.69, 9.17) is 5.73 Å². The molecular formula is C8H12N2O. The zero-order valence-electron chi connectivity index (χ0n) is 6.85. The second kappa shape index (κ2) is 2.19. The number of hydrogen-bond donors (Lipinski definition) is 1. The number of carbonyl (C=O) groups excluding carboxylic acids is 1. The second-order valence-electron chi connectivity index (χ2n) is 2.96. The summed E-state index contributed by atoms with van der Waals surface area (Å²) < 4.78 is 0. The van der Waals surface area contributed by atoms with Crippen molar-refractivity contribution < 1.29 is 4.79 Å². The Kier molecular flexibility index (Phi) is 1.59. The molecule has 1 atom stereocenters. The van der Waals surface area contributed by atoms with Crippen LogP contribution >= 0.6 is 0 Å². The van der Waals surface area contributed by atoms with Crippen LogP contribution in [0.15, 0.2) is 17.3 Å². The first-order chi connectivity index (χ1) is 5.02. The van der Waals surface area contributed by atoms with Crippen LogP contribution in [0, 0.1) is 5.41 Å². The molecule has 0 spiro atoms. The number of rotatable bonds is 1. The van der Waals surface area contributed by atoms with Crippen molar-refractivity contribution in [3.63, 3.8) is 0 Å². The molecule has 0 saturated carbocycles. The smallest absolute Gasteiger partial charge is 0.209 e. The Balaban J connectivity index is 3.07. The van der Waals surface area contributed by atoms with E-state index in [9.17, 15) is 4.79 Å². The summed E-state index contributed by atoms with van der Waals surface area (Å²) in [6, 6.07) is 0. The molecule has 0 aliphatic carbocycles. The second-order valence-corrected chi connectivity index (χ2v) is 2.96. The SMILES string of the molecule is C=C1N=C(N)C(=O)C1(C)CC. The van der Waals surface area contributed by atoms with Crippen LogP contribution in [0.4, 0.5) is 0 Å². The van der Waals surface area contributed by atoms with E-state index in [1.54, 1.807) is 0 Å². The number of nitrogens with zero attached hydrogens (tertiary/aromatic N) is 1. The first-order valence-electron chi connectivity index (χ1n) is 3.60. The molecule has 60 valence electrons. The number of carbonyl (C=O) groups is 1. The summed E-state index contributed by atoms with van der Waals surface area (Å²) in [6.07, 6.45) is 0.703. The maximum Gasteiger partial charge on any atom is 0.209 e. The lowest BCUT2D eigenvalue weighted by Gasteiger charge is -2.18. The standard InChI is InChI=1S/C8H12N2O/c1-4-8(3)5(2)10-7(9)6(8)11/h2,4H2,1,3H3,(H2,9,10). The van der Waals surface area contributed by atoms with Crippen molar-refractivity contribution in [2.75, 3.05) is 0 Å². The summed E-state index contributed by atoms with van der Waals surface area (Å²) in [5.74, 6) is 0.00403. The Labute approximate surface area is 66.0 Å². The highest BCUT2D eigenvalue weighted by molar-refractivity contribution is 6.42. The molecule has 3 heteroatoms. The normalized spacial score (nSPS) is 30.9. The van der Waals surface area contributed by atoms with Gasteiger partial charge in [-0.05, 0) is 13.3 Å². The van der Waals surface area contributed by atoms with Gasteiger partial charge in [0.2, 0.25) is 5.78 Å². The van der Waals surface area contributed by atoms with Gasteiger partial charge in [0.15, 0.2) is 5.84 Å². The highest BCUT2D eigenvalue weighted by atomic mass is 16.1. The summed E-state index contributed by atoms with van der Waals surface area (Å²) in [5, 5.41) is 0. The van der Waals surface area contributed by atoms with Crippen molar-refractivity contribution >= 4 is 11.6 Å². The van der Waals surface area contributed by atoms with Gasteiger partial charge in [-0.15, -0.1) is 0 Å². The van der Waals surface area contributed by atoms with Gasteiger partial charge in [-0.3, -0.25) is 4.79 Å². The number of nitrogens with two attached hydrogens (primary N) is 1. The van der Waals surface area contributed by atoms with Crippen LogP contribution in [-0.2, 0) is 4.79 Å². The van der Waals surface area contributed by atoms with Crippen molar-refractivity contribution in [3.05, 3.63) is 12.3 Å². The number of aliphatic imine (C=N–C) groups is 1. The first kappa shape index (κ1) is 7.98. The zero-order chi connectivity index (χ0) is 8.65. The predicted molar refractivity (Wildman–Crippen MR) is 44.2 cm³/mol. The third-order valence-electron chi connectivity index (χ3n) is 2.33. The molecule has 1 unspecified atom stereocenters. The van der Waals surface area contributed by atoms with E-state index in [2.05, 4.69) is 11.6 Å². The molecule has 0 amide bonds. The Morgan fingerprint density at radius 2 is 2.27 bits per heavy atom. The number of allylic oxidation sites excluding steroid dienone is 1. The van der Waals surface area contributed by atoms with Gasteiger partial charge < -0.3 is 5.73 Å². The van der Waals surface area contributed by atoms with E-state index < -0.39 is 5.41 Å². The van der Waals surface area contributed by atoms with Gasteiger partial charge >= 0.3 is 0 Å². The van der Waals surface area contributed by atoms with Gasteiger partial charge in [-0.1, -0.05) is 13.5 Å². The average Bonchev–Trinajstić information content (AvgIpc) is 2.16. The van der Waals surface area contributed by atoms with Crippen LogP contribution in [0.2, 0.25) is 0 Å². The fourth-order valence-electron chi connectivity index (χ4n) is 1.10. The van der Waals surface area contributed by atoms with Gasteiger partial charge in [0.25, 0.3) is 0 Å². The van der Waals surface area contributed by atoms with Gasteiger partial charge in [-0.25, -0.2) is 4.99 Å². The van der Waals surface area contributed by atoms with E-state index in [0.717, 1.165) is 0 Å². The van der Waals surface area contributed by atoms with Gasteiger partial charge in [0.05, 0.1) is 5.41 Å². The largest absolute Gasteiger partial charge is 0.381 e. The molecule has 1 aliphatic rings. The Morgan fingerprint density at radius 3 is 2.45 bits per heavy atom.